The highest BCUT2D eigenvalue weighted by atomic mass is 19.1. The van der Waals surface area contributed by atoms with Crippen molar-refractivity contribution in [2.24, 2.45) is 0 Å². The summed E-state index contributed by atoms with van der Waals surface area (Å²) in [6, 6.07) is 13.7. The van der Waals surface area contributed by atoms with Crippen LogP contribution in [0.5, 0.6) is 5.75 Å². The van der Waals surface area contributed by atoms with E-state index in [0.717, 1.165) is 5.56 Å². The standard InChI is InChI=1S/C20H20FNO2/c1-3-13-22(15-17-6-4-16(2)5-7-17)20(23)12-14-24-19-10-8-18(21)9-11-19/h1,4-11H,12-15H2,2H3. The van der Waals surface area contributed by atoms with Crippen LogP contribution < -0.4 is 4.74 Å². The Bertz CT molecular complexity index is 702. The monoisotopic (exact) mass is 325 g/mol. The predicted octanol–water partition coefficient (Wildman–Crippen LogP) is 3.57. The van der Waals surface area contributed by atoms with Crippen LogP contribution in [-0.2, 0) is 11.3 Å². The maximum Gasteiger partial charge on any atom is 0.227 e. The molecule has 0 N–H and O–H groups in total. The number of hydrogen-bond acceptors (Lipinski definition) is 2. The minimum Gasteiger partial charge on any atom is -0.493 e. The topological polar surface area (TPSA) is 29.5 Å². The number of carbonyl (C=O) groups is 1. The van der Waals surface area contributed by atoms with Crippen LogP contribution in [0.1, 0.15) is 17.5 Å². The van der Waals surface area contributed by atoms with Crippen molar-refractivity contribution in [1.29, 1.82) is 0 Å². The summed E-state index contributed by atoms with van der Waals surface area (Å²) >= 11 is 0. The van der Waals surface area contributed by atoms with E-state index in [2.05, 4.69) is 5.92 Å². The second-order valence-electron chi connectivity index (χ2n) is 5.49. The maximum atomic E-state index is 12.8. The van der Waals surface area contributed by atoms with Gasteiger partial charge < -0.3 is 9.64 Å². The molecule has 1 amide bonds. The lowest BCUT2D eigenvalue weighted by Gasteiger charge is -2.20. The van der Waals surface area contributed by atoms with Crippen molar-refractivity contribution >= 4 is 5.91 Å². The van der Waals surface area contributed by atoms with Gasteiger partial charge in [0.2, 0.25) is 5.91 Å². The van der Waals surface area contributed by atoms with E-state index in [4.69, 9.17) is 11.2 Å². The number of amides is 1. The molecule has 0 spiro atoms. The van der Waals surface area contributed by atoms with Gasteiger partial charge in [0.25, 0.3) is 0 Å². The summed E-state index contributed by atoms with van der Waals surface area (Å²) < 4.78 is 18.3. The molecule has 0 aliphatic carbocycles. The molecule has 4 heteroatoms. The average Bonchev–Trinajstić information content (AvgIpc) is 2.58. The largest absolute Gasteiger partial charge is 0.493 e. The Kier molecular flexibility index (Phi) is 6.39. The molecule has 2 aromatic rings. The van der Waals surface area contributed by atoms with E-state index >= 15 is 0 Å². The molecular formula is C20H20FNO2. The third-order valence-corrected chi connectivity index (χ3v) is 3.53. The Morgan fingerprint density at radius 3 is 2.46 bits per heavy atom. The maximum absolute atomic E-state index is 12.8. The number of carbonyl (C=O) groups excluding carboxylic acids is 1. The predicted molar refractivity (Wildman–Crippen MR) is 91.9 cm³/mol. The Balaban J connectivity index is 1.87. The number of halogens is 1. The van der Waals surface area contributed by atoms with Crippen molar-refractivity contribution in [2.75, 3.05) is 13.2 Å². The lowest BCUT2D eigenvalue weighted by molar-refractivity contribution is -0.131. The first-order valence-corrected chi connectivity index (χ1v) is 7.73. The lowest BCUT2D eigenvalue weighted by Crippen LogP contribution is -2.31. The number of nitrogens with zero attached hydrogens (tertiary/aromatic N) is 1. The van der Waals surface area contributed by atoms with E-state index in [9.17, 15) is 9.18 Å². The second kappa shape index (κ2) is 8.73. The molecule has 0 fully saturated rings. The van der Waals surface area contributed by atoms with Gasteiger partial charge >= 0.3 is 0 Å². The van der Waals surface area contributed by atoms with Crippen LogP contribution in [0.25, 0.3) is 0 Å². The summed E-state index contributed by atoms with van der Waals surface area (Å²) in [6.07, 6.45) is 5.58. The van der Waals surface area contributed by atoms with Gasteiger partial charge in [-0.15, -0.1) is 6.42 Å². The van der Waals surface area contributed by atoms with Gasteiger partial charge in [-0.2, -0.15) is 0 Å². The van der Waals surface area contributed by atoms with E-state index in [1.807, 2.05) is 31.2 Å². The Morgan fingerprint density at radius 2 is 1.83 bits per heavy atom. The highest BCUT2D eigenvalue weighted by Gasteiger charge is 2.13. The first-order valence-electron chi connectivity index (χ1n) is 7.73. The van der Waals surface area contributed by atoms with Gasteiger partial charge in [0, 0.05) is 6.54 Å². The fourth-order valence-electron chi connectivity index (χ4n) is 2.20. The Hall–Kier alpha value is -2.80. The van der Waals surface area contributed by atoms with E-state index in [-0.39, 0.29) is 31.3 Å². The summed E-state index contributed by atoms with van der Waals surface area (Å²) in [7, 11) is 0. The molecule has 0 aliphatic heterocycles. The van der Waals surface area contributed by atoms with Crippen molar-refractivity contribution in [3.8, 4) is 18.1 Å². The molecule has 124 valence electrons. The van der Waals surface area contributed by atoms with Crippen LogP contribution in [0.2, 0.25) is 0 Å². The molecule has 0 saturated heterocycles. The quantitative estimate of drug-likeness (QED) is 0.729. The van der Waals surface area contributed by atoms with Crippen molar-refractivity contribution in [3.05, 3.63) is 65.5 Å². The smallest absolute Gasteiger partial charge is 0.227 e. The molecule has 0 saturated carbocycles. The molecule has 0 atom stereocenters. The SMILES string of the molecule is C#CCN(Cc1ccc(C)cc1)C(=O)CCOc1ccc(F)cc1. The zero-order chi connectivity index (χ0) is 17.4. The summed E-state index contributed by atoms with van der Waals surface area (Å²) in [5.74, 6) is 2.65. The van der Waals surface area contributed by atoms with Crippen molar-refractivity contribution in [1.82, 2.24) is 4.90 Å². The van der Waals surface area contributed by atoms with Gasteiger partial charge in [-0.1, -0.05) is 35.7 Å². The summed E-state index contributed by atoms with van der Waals surface area (Å²) in [6.45, 7) is 2.96. The first kappa shape index (κ1) is 17.6. The van der Waals surface area contributed by atoms with Gasteiger partial charge in [-0.05, 0) is 36.8 Å². The average molecular weight is 325 g/mol. The number of benzene rings is 2. The molecule has 24 heavy (non-hydrogen) atoms. The third-order valence-electron chi connectivity index (χ3n) is 3.53. The number of aryl methyl sites for hydroxylation is 1. The molecule has 3 nitrogen and oxygen atoms in total. The first-order chi connectivity index (χ1) is 11.6. The summed E-state index contributed by atoms with van der Waals surface area (Å²) in [5, 5.41) is 0. The van der Waals surface area contributed by atoms with Crippen LogP contribution in [0.15, 0.2) is 48.5 Å². The van der Waals surface area contributed by atoms with Gasteiger partial charge in [0.15, 0.2) is 0 Å². The number of terminal acetylenes is 1. The number of hydrogen-bond donors (Lipinski definition) is 0. The van der Waals surface area contributed by atoms with Crippen LogP contribution in [0.3, 0.4) is 0 Å². The third kappa shape index (κ3) is 5.44. The molecule has 0 heterocycles. The van der Waals surface area contributed by atoms with Gasteiger partial charge in [0.1, 0.15) is 11.6 Å². The summed E-state index contributed by atoms with van der Waals surface area (Å²) in [5.41, 5.74) is 2.20. The molecule has 2 aromatic carbocycles. The highest BCUT2D eigenvalue weighted by molar-refractivity contribution is 5.76. The van der Waals surface area contributed by atoms with E-state index in [1.165, 1.54) is 29.8 Å². The molecular weight excluding hydrogens is 305 g/mol. The molecule has 0 bridgehead atoms. The van der Waals surface area contributed by atoms with Gasteiger partial charge in [-0.25, -0.2) is 4.39 Å². The van der Waals surface area contributed by atoms with Crippen LogP contribution >= 0.6 is 0 Å². The zero-order valence-electron chi connectivity index (χ0n) is 13.7. The van der Waals surface area contributed by atoms with Gasteiger partial charge in [-0.3, -0.25) is 4.79 Å². The van der Waals surface area contributed by atoms with Crippen LogP contribution in [0, 0.1) is 25.1 Å². The molecule has 2 rings (SSSR count). The zero-order valence-corrected chi connectivity index (χ0v) is 13.7. The fourth-order valence-corrected chi connectivity index (χ4v) is 2.20. The highest BCUT2D eigenvalue weighted by Crippen LogP contribution is 2.12. The second-order valence-corrected chi connectivity index (χ2v) is 5.49. The van der Waals surface area contributed by atoms with Crippen molar-refractivity contribution in [3.63, 3.8) is 0 Å². The lowest BCUT2D eigenvalue weighted by atomic mass is 10.1. The molecule has 0 aromatic heterocycles. The van der Waals surface area contributed by atoms with Crippen LogP contribution in [0.4, 0.5) is 4.39 Å². The van der Waals surface area contributed by atoms with Crippen LogP contribution in [-0.4, -0.2) is 24.0 Å². The normalized spacial score (nSPS) is 10.0. The van der Waals surface area contributed by atoms with E-state index < -0.39 is 0 Å². The van der Waals surface area contributed by atoms with E-state index in [1.54, 1.807) is 4.90 Å². The summed E-state index contributed by atoms with van der Waals surface area (Å²) in [4.78, 5) is 14.0. The van der Waals surface area contributed by atoms with Gasteiger partial charge in [0.05, 0.1) is 19.6 Å². The Morgan fingerprint density at radius 1 is 1.17 bits per heavy atom. The molecule has 0 unspecified atom stereocenters. The molecule has 0 radical (unpaired) electrons. The Labute approximate surface area is 142 Å². The fraction of sp³-hybridized carbons (Fsp3) is 0.250. The number of ether oxygens (including phenoxy) is 1. The van der Waals surface area contributed by atoms with Crippen molar-refractivity contribution < 1.29 is 13.9 Å². The van der Waals surface area contributed by atoms with E-state index in [0.29, 0.717) is 12.3 Å². The number of rotatable bonds is 7. The minimum absolute atomic E-state index is 0.0735. The molecule has 0 aliphatic rings. The van der Waals surface area contributed by atoms with Crippen molar-refractivity contribution in [2.45, 2.75) is 19.9 Å². The minimum atomic E-state index is -0.322.